The van der Waals surface area contributed by atoms with Gasteiger partial charge in [-0.3, -0.25) is 4.42 Å². The van der Waals surface area contributed by atoms with Crippen LogP contribution in [0.5, 0.6) is 0 Å². The van der Waals surface area contributed by atoms with E-state index in [0.717, 1.165) is 18.6 Å². The van der Waals surface area contributed by atoms with E-state index >= 15 is 0 Å². The molecule has 0 atom stereocenters. The number of ketones is 1. The molecule has 0 spiro atoms. The molecular weight excluding hydrogens is 232 g/mol. The summed E-state index contributed by atoms with van der Waals surface area (Å²) in [6.45, 7) is 0. The first-order valence-corrected chi connectivity index (χ1v) is 6.69. The van der Waals surface area contributed by atoms with Crippen molar-refractivity contribution in [2.75, 3.05) is 7.11 Å². The summed E-state index contributed by atoms with van der Waals surface area (Å²) in [6, 6.07) is 13.1. The lowest BCUT2D eigenvalue weighted by molar-refractivity contribution is -0.417. The van der Waals surface area contributed by atoms with Crippen LogP contribution < -0.4 is 0 Å². The van der Waals surface area contributed by atoms with Crippen LogP contribution in [-0.4, -0.2) is 12.9 Å². The van der Waals surface area contributed by atoms with E-state index in [9.17, 15) is 0 Å². The minimum absolute atomic E-state index is 1.01. The number of benzene rings is 2. The quantitative estimate of drug-likeness (QED) is 0.627. The third kappa shape index (κ3) is 1.45. The van der Waals surface area contributed by atoms with Crippen LogP contribution in [0.15, 0.2) is 54.1 Å². The highest BCUT2D eigenvalue weighted by Crippen LogP contribution is 2.40. The zero-order valence-corrected chi connectivity index (χ0v) is 10.9. The first-order chi connectivity index (χ1) is 9.38. The van der Waals surface area contributed by atoms with Gasteiger partial charge in [0.2, 0.25) is 0 Å². The van der Waals surface area contributed by atoms with Crippen molar-refractivity contribution in [2.24, 2.45) is 0 Å². The first-order valence-electron chi connectivity index (χ1n) is 6.69. The molecule has 92 valence electrons. The monoisotopic (exact) mass is 247 g/mol. The number of hydrogen-bond donors (Lipinski definition) is 0. The maximum Gasteiger partial charge on any atom is 0.350 e. The van der Waals surface area contributed by atoms with E-state index in [1.165, 1.54) is 33.0 Å². The SMILES string of the molecule is C[O+]=C1C=CCC2=C1c1ccc3ccccc3c1C2. The summed E-state index contributed by atoms with van der Waals surface area (Å²) in [5, 5.41) is 2.71. The average molecular weight is 247 g/mol. The molecule has 0 aliphatic heterocycles. The Morgan fingerprint density at radius 2 is 1.95 bits per heavy atom. The van der Waals surface area contributed by atoms with E-state index in [4.69, 9.17) is 4.42 Å². The van der Waals surface area contributed by atoms with Gasteiger partial charge in [-0.1, -0.05) is 42.5 Å². The second-order valence-electron chi connectivity index (χ2n) is 5.14. The van der Waals surface area contributed by atoms with E-state index in [1.54, 1.807) is 7.11 Å². The molecule has 4 rings (SSSR count). The lowest BCUT2D eigenvalue weighted by atomic mass is 9.95. The van der Waals surface area contributed by atoms with Gasteiger partial charge in [-0.2, -0.15) is 0 Å². The second-order valence-corrected chi connectivity index (χ2v) is 5.14. The standard InChI is InChI=1S/C18H15O/c1-19-17-8-4-6-13-11-16-14-7-3-2-5-12(14)9-10-15(16)18(13)17/h2-5,7-10H,6,11H2,1H3/q+1. The van der Waals surface area contributed by atoms with Crippen molar-refractivity contribution < 1.29 is 4.42 Å². The van der Waals surface area contributed by atoms with Gasteiger partial charge in [0.15, 0.2) is 0 Å². The average Bonchev–Trinajstić information content (AvgIpc) is 2.86. The predicted molar refractivity (Wildman–Crippen MR) is 79.3 cm³/mol. The van der Waals surface area contributed by atoms with Gasteiger partial charge in [-0.15, -0.1) is 0 Å². The van der Waals surface area contributed by atoms with E-state index in [2.05, 4.69) is 48.6 Å². The Bertz CT molecular complexity index is 775. The van der Waals surface area contributed by atoms with Crippen molar-refractivity contribution in [1.29, 1.82) is 0 Å². The number of hydrogen-bond acceptors (Lipinski definition) is 0. The van der Waals surface area contributed by atoms with Gasteiger partial charge in [-0.05, 0) is 40.3 Å². The number of carbonyl (C=O) groups excluding carboxylic acids is 1. The summed E-state index contributed by atoms with van der Waals surface area (Å²) in [4.78, 5) is 0. The van der Waals surface area contributed by atoms with Crippen LogP contribution >= 0.6 is 0 Å². The number of fused-ring (bicyclic) bond motifs is 4. The predicted octanol–water partition coefficient (Wildman–Crippen LogP) is 3.84. The molecule has 0 fully saturated rings. The molecule has 0 bridgehead atoms. The van der Waals surface area contributed by atoms with Crippen LogP contribution in [-0.2, 0) is 10.8 Å². The molecule has 0 unspecified atom stereocenters. The maximum absolute atomic E-state index is 5.55. The molecule has 1 nitrogen and oxygen atoms in total. The zero-order valence-electron chi connectivity index (χ0n) is 10.9. The normalized spacial score (nSPS) is 19.1. The molecule has 0 radical (unpaired) electrons. The largest absolute Gasteiger partial charge is 0.350 e. The second kappa shape index (κ2) is 3.92. The maximum atomic E-state index is 5.55. The molecule has 2 aliphatic carbocycles. The van der Waals surface area contributed by atoms with Crippen molar-refractivity contribution in [2.45, 2.75) is 12.8 Å². The third-order valence-electron chi connectivity index (χ3n) is 4.15. The first kappa shape index (κ1) is 10.7. The molecule has 2 aliphatic rings. The number of allylic oxidation sites excluding steroid dienone is 4. The molecule has 0 saturated heterocycles. The van der Waals surface area contributed by atoms with Crippen LogP contribution in [0.3, 0.4) is 0 Å². The Hall–Kier alpha value is -2.15. The summed E-state index contributed by atoms with van der Waals surface area (Å²) < 4.78 is 5.55. The third-order valence-corrected chi connectivity index (χ3v) is 4.15. The van der Waals surface area contributed by atoms with Crippen LogP contribution in [0.2, 0.25) is 0 Å². The summed E-state index contributed by atoms with van der Waals surface area (Å²) in [5.74, 6) is 1.01. The lowest BCUT2D eigenvalue weighted by Gasteiger charge is -2.06. The highest BCUT2D eigenvalue weighted by Gasteiger charge is 2.32. The van der Waals surface area contributed by atoms with Crippen molar-refractivity contribution in [3.05, 3.63) is 65.3 Å². The van der Waals surface area contributed by atoms with Gasteiger partial charge in [-0.25, -0.2) is 0 Å². The Morgan fingerprint density at radius 3 is 2.84 bits per heavy atom. The Labute approximate surface area is 112 Å². The molecule has 0 aromatic heterocycles. The summed E-state index contributed by atoms with van der Waals surface area (Å²) in [5.41, 5.74) is 5.63. The van der Waals surface area contributed by atoms with Gasteiger partial charge >= 0.3 is 5.78 Å². The Balaban J connectivity index is 2.00. The van der Waals surface area contributed by atoms with Crippen LogP contribution in [0.1, 0.15) is 17.5 Å². The van der Waals surface area contributed by atoms with Gasteiger partial charge in [0.05, 0.1) is 5.57 Å². The van der Waals surface area contributed by atoms with Crippen molar-refractivity contribution >= 4 is 22.1 Å². The fourth-order valence-corrected chi connectivity index (χ4v) is 3.30. The smallest absolute Gasteiger partial charge is 0.257 e. The van der Waals surface area contributed by atoms with Crippen molar-refractivity contribution in [3.8, 4) is 0 Å². The zero-order chi connectivity index (χ0) is 12.8. The van der Waals surface area contributed by atoms with Gasteiger partial charge in [0.1, 0.15) is 0 Å². The van der Waals surface area contributed by atoms with Crippen LogP contribution in [0, 0.1) is 0 Å². The molecular formula is C18H15O+. The van der Waals surface area contributed by atoms with E-state index in [-0.39, 0.29) is 0 Å². The molecule has 19 heavy (non-hydrogen) atoms. The van der Waals surface area contributed by atoms with E-state index in [1.807, 2.05) is 0 Å². The minimum Gasteiger partial charge on any atom is -0.257 e. The summed E-state index contributed by atoms with van der Waals surface area (Å²) in [6.07, 6.45) is 6.41. The summed E-state index contributed by atoms with van der Waals surface area (Å²) in [7, 11) is 1.76. The van der Waals surface area contributed by atoms with Crippen molar-refractivity contribution in [3.63, 3.8) is 0 Å². The molecule has 0 amide bonds. The highest BCUT2D eigenvalue weighted by atomic mass is 16.4. The van der Waals surface area contributed by atoms with Gasteiger partial charge < -0.3 is 0 Å². The van der Waals surface area contributed by atoms with Crippen molar-refractivity contribution in [1.82, 2.24) is 0 Å². The van der Waals surface area contributed by atoms with E-state index < -0.39 is 0 Å². The molecule has 0 N–H and O–H groups in total. The Morgan fingerprint density at radius 1 is 1.05 bits per heavy atom. The summed E-state index contributed by atoms with van der Waals surface area (Å²) >= 11 is 0. The molecule has 1 heteroatoms. The molecule has 0 saturated carbocycles. The van der Waals surface area contributed by atoms with Gasteiger partial charge in [0.25, 0.3) is 7.11 Å². The van der Waals surface area contributed by atoms with Gasteiger partial charge in [0, 0.05) is 6.08 Å². The van der Waals surface area contributed by atoms with Crippen LogP contribution in [0.25, 0.3) is 16.3 Å². The molecule has 2 aromatic carbocycles. The molecule has 2 aromatic rings. The van der Waals surface area contributed by atoms with Crippen LogP contribution in [0.4, 0.5) is 0 Å². The fourth-order valence-electron chi connectivity index (χ4n) is 3.30. The fraction of sp³-hybridized carbons (Fsp3) is 0.167. The number of rotatable bonds is 0. The van der Waals surface area contributed by atoms with E-state index in [0.29, 0.717) is 0 Å². The Kier molecular flexibility index (Phi) is 2.22. The highest BCUT2D eigenvalue weighted by molar-refractivity contribution is 6.29. The minimum atomic E-state index is 1.01. The lowest BCUT2D eigenvalue weighted by Crippen LogP contribution is -2.05. The molecule has 0 heterocycles. The topological polar surface area (TPSA) is 11.3 Å².